The van der Waals surface area contributed by atoms with Gasteiger partial charge in [0.1, 0.15) is 22.3 Å². The number of nitrogens with zero attached hydrogens (tertiary/aromatic N) is 2. The Morgan fingerprint density at radius 1 is 1.44 bits per heavy atom. The van der Waals surface area contributed by atoms with Gasteiger partial charge in [-0.05, 0) is 27.0 Å². The molecule has 4 nitrogen and oxygen atoms in total. The molecule has 0 heterocycles. The molecule has 0 saturated heterocycles. The largest absolute Gasteiger partial charge is 0.591 e. The maximum atomic E-state index is 11.7. The van der Waals surface area contributed by atoms with Crippen molar-refractivity contribution in [1.29, 1.82) is 0 Å². The van der Waals surface area contributed by atoms with Gasteiger partial charge in [-0.2, -0.15) is 0 Å². The van der Waals surface area contributed by atoms with E-state index in [9.17, 15) is 4.55 Å². The summed E-state index contributed by atoms with van der Waals surface area (Å²) in [5.41, 5.74) is 0.831. The Bertz CT molecular complexity index is 279. The van der Waals surface area contributed by atoms with Gasteiger partial charge in [-0.15, -0.1) is 0 Å². The second-order valence-electron chi connectivity index (χ2n) is 4.43. The van der Waals surface area contributed by atoms with Gasteiger partial charge in [0.2, 0.25) is 0 Å². The van der Waals surface area contributed by atoms with E-state index in [1.807, 2.05) is 39.8 Å². The van der Waals surface area contributed by atoms with Crippen molar-refractivity contribution < 1.29 is 4.55 Å². The van der Waals surface area contributed by atoms with E-state index >= 15 is 0 Å². The molecule has 0 saturated carbocycles. The quantitative estimate of drug-likeness (QED) is 0.590. The molecule has 0 aliphatic carbocycles. The van der Waals surface area contributed by atoms with Crippen molar-refractivity contribution in [1.82, 2.24) is 10.2 Å². The molecule has 0 spiro atoms. The van der Waals surface area contributed by atoms with E-state index in [4.69, 9.17) is 0 Å². The molecule has 0 bridgehead atoms. The minimum absolute atomic E-state index is 0.334. The van der Waals surface area contributed by atoms with E-state index in [1.165, 1.54) is 0 Å². The van der Waals surface area contributed by atoms with Crippen molar-refractivity contribution >= 4 is 17.6 Å². The zero-order valence-electron chi connectivity index (χ0n) is 10.7. The van der Waals surface area contributed by atoms with Crippen LogP contribution in [0.4, 0.5) is 0 Å². The Morgan fingerprint density at radius 2 is 2.00 bits per heavy atom. The summed E-state index contributed by atoms with van der Waals surface area (Å²) < 4.78 is 15.4. The molecule has 1 atom stereocenters. The van der Waals surface area contributed by atoms with Gasteiger partial charge in [0.25, 0.3) is 0 Å². The van der Waals surface area contributed by atoms with Crippen molar-refractivity contribution in [3.8, 4) is 0 Å². The van der Waals surface area contributed by atoms with Crippen LogP contribution in [0.3, 0.4) is 0 Å². The second-order valence-corrected chi connectivity index (χ2v) is 6.36. The summed E-state index contributed by atoms with van der Waals surface area (Å²) in [7, 11) is 3.78. The molecule has 0 aromatic heterocycles. The van der Waals surface area contributed by atoms with Gasteiger partial charge in [-0.3, -0.25) is 0 Å². The maximum absolute atomic E-state index is 11.7. The van der Waals surface area contributed by atoms with Gasteiger partial charge in [-0.1, -0.05) is 11.0 Å². The van der Waals surface area contributed by atoms with E-state index in [0.29, 0.717) is 0 Å². The Kier molecular flexibility index (Phi) is 6.21. The average Bonchev–Trinajstić information content (AvgIpc) is 2.15. The molecule has 16 heavy (non-hydrogen) atoms. The number of hydrogen-bond acceptors (Lipinski definition) is 4. The SMILES string of the molecule is C=CN/C=C(/C=N[S+]([O-])C(C)(C)C)N(C)C. The molecule has 0 aliphatic heterocycles. The van der Waals surface area contributed by atoms with Crippen LogP contribution in [0.1, 0.15) is 20.8 Å². The number of allylic oxidation sites excluding steroid dienone is 1. The normalized spacial score (nSPS) is 15.0. The predicted octanol–water partition coefficient (Wildman–Crippen LogP) is 1.66. The number of nitrogens with one attached hydrogen (secondary N) is 1. The third-order valence-electron chi connectivity index (χ3n) is 1.67. The summed E-state index contributed by atoms with van der Waals surface area (Å²) in [4.78, 5) is 1.87. The van der Waals surface area contributed by atoms with Crippen LogP contribution in [0, 0.1) is 0 Å². The van der Waals surface area contributed by atoms with Crippen molar-refractivity contribution in [3.05, 3.63) is 24.7 Å². The smallest absolute Gasteiger partial charge is 0.144 e. The number of hydrogen-bond donors (Lipinski definition) is 1. The van der Waals surface area contributed by atoms with E-state index < -0.39 is 11.4 Å². The fourth-order valence-corrected chi connectivity index (χ4v) is 1.21. The van der Waals surface area contributed by atoms with Gasteiger partial charge >= 0.3 is 0 Å². The highest BCUT2D eigenvalue weighted by Gasteiger charge is 2.25. The van der Waals surface area contributed by atoms with Crippen LogP contribution in [0.15, 0.2) is 29.1 Å². The Balaban J connectivity index is 4.64. The van der Waals surface area contributed by atoms with Crippen molar-refractivity contribution in [2.45, 2.75) is 25.5 Å². The first-order chi connectivity index (χ1) is 7.29. The first-order valence-electron chi connectivity index (χ1n) is 4.99. The van der Waals surface area contributed by atoms with Crippen LogP contribution in [-0.4, -0.2) is 34.5 Å². The minimum atomic E-state index is -1.23. The molecular weight excluding hydrogens is 222 g/mol. The van der Waals surface area contributed by atoms with E-state index in [1.54, 1.807) is 18.6 Å². The van der Waals surface area contributed by atoms with Crippen LogP contribution in [0.25, 0.3) is 0 Å². The predicted molar refractivity (Wildman–Crippen MR) is 71.5 cm³/mol. The molecule has 0 radical (unpaired) electrons. The zero-order valence-corrected chi connectivity index (χ0v) is 11.5. The third kappa shape index (κ3) is 5.82. The highest BCUT2D eigenvalue weighted by atomic mass is 32.2. The topological polar surface area (TPSA) is 50.7 Å². The molecule has 0 aromatic carbocycles. The van der Waals surface area contributed by atoms with Gasteiger partial charge in [0.15, 0.2) is 0 Å². The molecule has 92 valence electrons. The lowest BCUT2D eigenvalue weighted by Crippen LogP contribution is -2.26. The molecule has 1 N–H and O–H groups in total. The van der Waals surface area contributed by atoms with Crippen LogP contribution >= 0.6 is 0 Å². The summed E-state index contributed by atoms with van der Waals surface area (Å²) in [6.45, 7) is 9.22. The Morgan fingerprint density at radius 3 is 2.38 bits per heavy atom. The fourth-order valence-electron chi connectivity index (χ4n) is 0.686. The van der Waals surface area contributed by atoms with Gasteiger partial charge < -0.3 is 14.8 Å². The Hall–Kier alpha value is -0.940. The maximum Gasteiger partial charge on any atom is 0.144 e. The number of rotatable bonds is 5. The monoisotopic (exact) mass is 243 g/mol. The van der Waals surface area contributed by atoms with Crippen LogP contribution < -0.4 is 5.32 Å². The Labute approximate surface area is 101 Å². The molecule has 5 heteroatoms. The summed E-state index contributed by atoms with van der Waals surface area (Å²) in [6.07, 6.45) is 4.91. The van der Waals surface area contributed by atoms with Crippen LogP contribution in [-0.2, 0) is 11.4 Å². The summed E-state index contributed by atoms with van der Waals surface area (Å²) in [5.74, 6) is 0. The lowest BCUT2D eigenvalue weighted by Gasteiger charge is -2.19. The molecule has 0 fully saturated rings. The van der Waals surface area contributed by atoms with Crippen LogP contribution in [0.2, 0.25) is 0 Å². The van der Waals surface area contributed by atoms with Crippen molar-refractivity contribution in [2.24, 2.45) is 4.40 Å². The highest BCUT2D eigenvalue weighted by Crippen LogP contribution is 2.16. The molecule has 0 rings (SSSR count). The lowest BCUT2D eigenvalue weighted by atomic mass is 10.3. The van der Waals surface area contributed by atoms with Gasteiger partial charge in [-0.25, -0.2) is 0 Å². The van der Waals surface area contributed by atoms with Crippen molar-refractivity contribution in [2.75, 3.05) is 14.1 Å². The van der Waals surface area contributed by atoms with Crippen LogP contribution in [0.5, 0.6) is 0 Å². The van der Waals surface area contributed by atoms with E-state index in [0.717, 1.165) is 5.70 Å². The summed E-state index contributed by atoms with van der Waals surface area (Å²) in [5, 5.41) is 2.86. The van der Waals surface area contributed by atoms with Gasteiger partial charge in [0, 0.05) is 20.3 Å². The average molecular weight is 243 g/mol. The molecule has 0 aromatic rings. The van der Waals surface area contributed by atoms with Gasteiger partial charge in [0.05, 0.1) is 5.70 Å². The third-order valence-corrected chi connectivity index (χ3v) is 3.01. The molecule has 1 unspecified atom stereocenters. The highest BCUT2D eigenvalue weighted by molar-refractivity contribution is 7.91. The standard InChI is InChI=1S/C11H21N3OS/c1-7-12-8-10(14(5)6)9-13-16(15)11(2,3)4/h7-9,12H,1H2,2-6H3/b10-8-,13-9?. The van der Waals surface area contributed by atoms with E-state index in [-0.39, 0.29) is 4.75 Å². The van der Waals surface area contributed by atoms with E-state index in [2.05, 4.69) is 16.3 Å². The molecule has 0 aliphatic rings. The zero-order chi connectivity index (χ0) is 12.8. The first-order valence-corrected chi connectivity index (χ1v) is 6.10. The summed E-state index contributed by atoms with van der Waals surface area (Å²) in [6, 6.07) is 0. The molecular formula is C11H21N3OS. The fraction of sp³-hybridized carbons (Fsp3) is 0.545. The minimum Gasteiger partial charge on any atom is -0.591 e. The first kappa shape index (κ1) is 15.1. The van der Waals surface area contributed by atoms with Crippen molar-refractivity contribution in [3.63, 3.8) is 0 Å². The molecule has 0 amide bonds. The summed E-state index contributed by atoms with van der Waals surface area (Å²) >= 11 is -1.23. The lowest BCUT2D eigenvalue weighted by molar-refractivity contribution is 0.537. The second kappa shape index (κ2) is 6.60.